The molecule has 0 unspecified atom stereocenters. The maximum atomic E-state index is 12.3. The van der Waals surface area contributed by atoms with E-state index in [0.29, 0.717) is 17.8 Å². The van der Waals surface area contributed by atoms with Crippen LogP contribution in [-0.2, 0) is 6.54 Å². The highest BCUT2D eigenvalue weighted by Gasteiger charge is 2.15. The van der Waals surface area contributed by atoms with E-state index in [0.717, 1.165) is 5.56 Å². The van der Waals surface area contributed by atoms with Gasteiger partial charge in [0, 0.05) is 19.3 Å². The number of hydrogen-bond donors (Lipinski definition) is 1. The summed E-state index contributed by atoms with van der Waals surface area (Å²) in [6, 6.07) is 12.3. The summed E-state index contributed by atoms with van der Waals surface area (Å²) in [6.07, 6.45) is 0. The van der Waals surface area contributed by atoms with Gasteiger partial charge in [0.1, 0.15) is 5.56 Å². The normalized spacial score (nSPS) is 9.95. The Balaban J connectivity index is 2.19. The molecule has 0 aliphatic rings. The molecule has 1 amide bonds. The van der Waals surface area contributed by atoms with Crippen LogP contribution in [0.25, 0.3) is 0 Å². The van der Waals surface area contributed by atoms with Gasteiger partial charge in [0.15, 0.2) is 0 Å². The number of rotatable bonds is 3. The third-order valence-corrected chi connectivity index (χ3v) is 3.11. The zero-order valence-corrected chi connectivity index (χ0v) is 11.9. The zero-order chi connectivity index (χ0) is 15.4. The quantitative estimate of drug-likeness (QED) is 0.932. The first kappa shape index (κ1) is 14.5. The second-order valence-electron chi connectivity index (χ2n) is 4.86. The summed E-state index contributed by atoms with van der Waals surface area (Å²) in [6.45, 7) is 2.09. The minimum Gasteiger partial charge on any atom is -0.337 e. The summed E-state index contributed by atoms with van der Waals surface area (Å²) in [5.74, 6) is -0.349. The number of carbonyl (C=O) groups excluding carboxylic acids is 1. The second kappa shape index (κ2) is 6.06. The van der Waals surface area contributed by atoms with E-state index >= 15 is 0 Å². The number of H-pyrrole nitrogens is 1. The summed E-state index contributed by atoms with van der Waals surface area (Å²) >= 11 is 0. The fourth-order valence-electron chi connectivity index (χ4n) is 2.03. The van der Waals surface area contributed by atoms with Gasteiger partial charge in [-0.3, -0.25) is 9.59 Å². The fraction of sp³-hybridized carbons (Fsp3) is 0.188. The van der Waals surface area contributed by atoms with Gasteiger partial charge >= 0.3 is 0 Å². The molecule has 0 radical (unpaired) electrons. The number of aromatic amines is 1. The van der Waals surface area contributed by atoms with Crippen LogP contribution >= 0.6 is 0 Å². The second-order valence-corrected chi connectivity index (χ2v) is 4.86. The number of hydrogen-bond acceptors (Lipinski definition) is 3. The SMILES string of the molecule is Cc1ccc(C(=O)N(C)Cc2cccc(C#N)c2)c(=O)[nH]1. The van der Waals surface area contributed by atoms with Crippen molar-refractivity contribution in [3.05, 3.63) is 69.1 Å². The standard InChI is InChI=1S/C16H15N3O2/c1-11-6-7-14(15(20)18-11)16(21)19(2)10-13-5-3-4-12(8-13)9-17/h3-8H,10H2,1-2H3,(H,18,20). The molecular weight excluding hydrogens is 266 g/mol. The molecule has 0 spiro atoms. The van der Waals surface area contributed by atoms with Gasteiger partial charge < -0.3 is 9.88 Å². The molecular formula is C16H15N3O2. The molecule has 0 aliphatic carbocycles. The average Bonchev–Trinajstić information content (AvgIpc) is 2.46. The lowest BCUT2D eigenvalue weighted by Crippen LogP contribution is -2.31. The molecule has 106 valence electrons. The van der Waals surface area contributed by atoms with Crippen molar-refractivity contribution >= 4 is 5.91 Å². The summed E-state index contributed by atoms with van der Waals surface area (Å²) < 4.78 is 0. The predicted molar refractivity (Wildman–Crippen MR) is 78.8 cm³/mol. The van der Waals surface area contributed by atoms with Gasteiger partial charge in [-0.05, 0) is 36.8 Å². The van der Waals surface area contributed by atoms with E-state index in [1.54, 1.807) is 38.2 Å². The van der Waals surface area contributed by atoms with Gasteiger partial charge in [0.2, 0.25) is 0 Å². The van der Waals surface area contributed by atoms with Gasteiger partial charge in [-0.2, -0.15) is 5.26 Å². The van der Waals surface area contributed by atoms with Crippen molar-refractivity contribution < 1.29 is 4.79 Å². The predicted octanol–water partition coefficient (Wildman–Crippen LogP) is 1.83. The molecule has 0 atom stereocenters. The smallest absolute Gasteiger partial charge is 0.260 e. The van der Waals surface area contributed by atoms with Gasteiger partial charge in [0.05, 0.1) is 11.6 Å². The van der Waals surface area contributed by atoms with Gasteiger partial charge in [-0.25, -0.2) is 0 Å². The Kier molecular flexibility index (Phi) is 4.19. The van der Waals surface area contributed by atoms with Crippen LogP contribution in [0.4, 0.5) is 0 Å². The number of nitrogens with zero attached hydrogens (tertiary/aromatic N) is 2. The first-order chi connectivity index (χ1) is 10.0. The Hall–Kier alpha value is -2.87. The third kappa shape index (κ3) is 3.37. The van der Waals surface area contributed by atoms with Gasteiger partial charge in [-0.1, -0.05) is 12.1 Å². The molecule has 5 heteroatoms. The van der Waals surface area contributed by atoms with Crippen LogP contribution in [0.15, 0.2) is 41.2 Å². The van der Waals surface area contributed by atoms with Crippen molar-refractivity contribution in [1.29, 1.82) is 5.26 Å². The maximum absolute atomic E-state index is 12.3. The van der Waals surface area contributed by atoms with E-state index in [2.05, 4.69) is 11.1 Å². The molecule has 0 aliphatic heterocycles. The lowest BCUT2D eigenvalue weighted by Gasteiger charge is -2.17. The van der Waals surface area contributed by atoms with E-state index in [4.69, 9.17) is 5.26 Å². The minimum absolute atomic E-state index is 0.111. The molecule has 2 aromatic rings. The minimum atomic E-state index is -0.391. The molecule has 21 heavy (non-hydrogen) atoms. The number of aryl methyl sites for hydroxylation is 1. The number of amides is 1. The van der Waals surface area contributed by atoms with Crippen LogP contribution < -0.4 is 5.56 Å². The largest absolute Gasteiger partial charge is 0.337 e. The van der Waals surface area contributed by atoms with Crippen molar-refractivity contribution in [1.82, 2.24) is 9.88 Å². The Morgan fingerprint density at radius 2 is 2.10 bits per heavy atom. The molecule has 2 rings (SSSR count). The zero-order valence-electron chi connectivity index (χ0n) is 11.9. The fourth-order valence-corrected chi connectivity index (χ4v) is 2.03. The summed E-state index contributed by atoms with van der Waals surface area (Å²) in [7, 11) is 1.63. The number of nitriles is 1. The van der Waals surface area contributed by atoms with E-state index in [-0.39, 0.29) is 11.5 Å². The third-order valence-electron chi connectivity index (χ3n) is 3.11. The first-order valence-corrected chi connectivity index (χ1v) is 6.45. The summed E-state index contributed by atoms with van der Waals surface area (Å²) in [5.41, 5.74) is 1.81. The number of benzene rings is 1. The Labute approximate surface area is 122 Å². The highest BCUT2D eigenvalue weighted by atomic mass is 16.2. The molecule has 1 aromatic heterocycles. The number of carbonyl (C=O) groups is 1. The summed E-state index contributed by atoms with van der Waals surface area (Å²) in [4.78, 5) is 28.1. The van der Waals surface area contributed by atoms with Crippen molar-refractivity contribution in [3.63, 3.8) is 0 Å². The van der Waals surface area contributed by atoms with Crippen molar-refractivity contribution in [2.45, 2.75) is 13.5 Å². The lowest BCUT2D eigenvalue weighted by atomic mass is 10.1. The monoisotopic (exact) mass is 281 g/mol. The number of pyridine rings is 1. The van der Waals surface area contributed by atoms with Crippen LogP contribution in [-0.4, -0.2) is 22.8 Å². The van der Waals surface area contributed by atoms with E-state index in [1.165, 1.54) is 11.0 Å². The highest BCUT2D eigenvalue weighted by molar-refractivity contribution is 5.93. The van der Waals surface area contributed by atoms with Crippen molar-refractivity contribution in [2.75, 3.05) is 7.05 Å². The van der Waals surface area contributed by atoms with Crippen LogP contribution in [0, 0.1) is 18.3 Å². The van der Waals surface area contributed by atoms with Gasteiger partial charge in [-0.15, -0.1) is 0 Å². The number of aromatic nitrogens is 1. The maximum Gasteiger partial charge on any atom is 0.260 e. The molecule has 0 saturated carbocycles. The van der Waals surface area contributed by atoms with Crippen molar-refractivity contribution in [2.24, 2.45) is 0 Å². The molecule has 1 heterocycles. The average molecular weight is 281 g/mol. The van der Waals surface area contributed by atoms with Crippen LogP contribution in [0.2, 0.25) is 0 Å². The Bertz CT molecular complexity index is 772. The van der Waals surface area contributed by atoms with Crippen LogP contribution in [0.3, 0.4) is 0 Å². The molecule has 1 N–H and O–H groups in total. The van der Waals surface area contributed by atoms with E-state index < -0.39 is 5.56 Å². The molecule has 5 nitrogen and oxygen atoms in total. The van der Waals surface area contributed by atoms with Crippen LogP contribution in [0.1, 0.15) is 27.2 Å². The molecule has 0 fully saturated rings. The topological polar surface area (TPSA) is 77.0 Å². The van der Waals surface area contributed by atoms with Crippen molar-refractivity contribution in [3.8, 4) is 6.07 Å². The Morgan fingerprint density at radius 1 is 1.33 bits per heavy atom. The van der Waals surface area contributed by atoms with Crippen LogP contribution in [0.5, 0.6) is 0 Å². The Morgan fingerprint density at radius 3 is 2.76 bits per heavy atom. The first-order valence-electron chi connectivity index (χ1n) is 6.45. The van der Waals surface area contributed by atoms with E-state index in [9.17, 15) is 9.59 Å². The number of nitrogens with one attached hydrogen (secondary N) is 1. The molecule has 0 bridgehead atoms. The van der Waals surface area contributed by atoms with E-state index in [1.807, 2.05) is 6.07 Å². The summed E-state index contributed by atoms with van der Waals surface area (Å²) in [5, 5.41) is 8.87. The highest BCUT2D eigenvalue weighted by Crippen LogP contribution is 2.08. The molecule has 1 aromatic carbocycles. The molecule has 0 saturated heterocycles. The lowest BCUT2D eigenvalue weighted by molar-refractivity contribution is 0.0783. The van der Waals surface area contributed by atoms with Gasteiger partial charge in [0.25, 0.3) is 11.5 Å².